The van der Waals surface area contributed by atoms with Gasteiger partial charge in [0.15, 0.2) is 11.6 Å². The zero-order valence-electron chi connectivity index (χ0n) is 27.8. The molecule has 9 heteroatoms. The van der Waals surface area contributed by atoms with E-state index in [1.54, 1.807) is 44.9 Å². The highest BCUT2D eigenvalue weighted by Gasteiger charge is 2.27. The first-order valence-corrected chi connectivity index (χ1v) is 14.5. The van der Waals surface area contributed by atoms with Gasteiger partial charge in [-0.15, -0.1) is 0 Å². The van der Waals surface area contributed by atoms with E-state index in [-0.39, 0.29) is 23.6 Å². The summed E-state index contributed by atoms with van der Waals surface area (Å²) in [6.45, 7) is 23.0. The summed E-state index contributed by atoms with van der Waals surface area (Å²) in [5.41, 5.74) is 1.88. The van der Waals surface area contributed by atoms with Gasteiger partial charge in [0.25, 0.3) is 0 Å². The summed E-state index contributed by atoms with van der Waals surface area (Å²) in [5.74, 6) is 1.62. The van der Waals surface area contributed by atoms with E-state index in [0.717, 1.165) is 27.5 Å². The highest BCUT2D eigenvalue weighted by Crippen LogP contribution is 2.29. The lowest BCUT2D eigenvalue weighted by Crippen LogP contribution is -2.36. The minimum absolute atomic E-state index is 0.000862. The fourth-order valence-corrected chi connectivity index (χ4v) is 3.43. The van der Waals surface area contributed by atoms with E-state index in [1.807, 2.05) is 74.5 Å². The molecule has 2 rings (SSSR count). The monoisotopic (exact) mass is 585 g/mol. The van der Waals surface area contributed by atoms with Crippen LogP contribution in [0.4, 0.5) is 10.6 Å². The van der Waals surface area contributed by atoms with Crippen LogP contribution in [0.5, 0.6) is 5.75 Å². The molecular weight excluding hydrogens is 534 g/mol. The lowest BCUT2D eigenvalue weighted by atomic mass is 10.1. The summed E-state index contributed by atoms with van der Waals surface area (Å²) < 4.78 is 17.1. The number of aromatic nitrogens is 1. The molecule has 0 saturated carbocycles. The van der Waals surface area contributed by atoms with Crippen LogP contribution in [0, 0.1) is 13.8 Å². The molecule has 0 spiro atoms. The number of allylic oxidation sites excluding steroid dienone is 2. The van der Waals surface area contributed by atoms with Crippen molar-refractivity contribution in [1.29, 1.82) is 0 Å². The Bertz CT molecular complexity index is 1210. The second-order valence-electron chi connectivity index (χ2n) is 10.2. The Morgan fingerprint density at radius 1 is 1.07 bits per heavy atom. The van der Waals surface area contributed by atoms with Crippen LogP contribution >= 0.6 is 0 Å². The molecule has 0 aliphatic carbocycles. The largest absolute Gasteiger partial charge is 0.487 e. The number of carbonyl (C=O) groups excluding carboxylic acids is 3. The minimum Gasteiger partial charge on any atom is -0.487 e. The summed E-state index contributed by atoms with van der Waals surface area (Å²) in [5, 5.41) is 0. The van der Waals surface area contributed by atoms with Gasteiger partial charge in [-0.1, -0.05) is 39.8 Å². The number of amides is 3. The summed E-state index contributed by atoms with van der Waals surface area (Å²) in [7, 11) is 1.70. The van der Waals surface area contributed by atoms with Gasteiger partial charge in [-0.05, 0) is 84.2 Å². The molecule has 42 heavy (non-hydrogen) atoms. The van der Waals surface area contributed by atoms with Crippen LogP contribution in [-0.4, -0.2) is 47.0 Å². The third-order valence-electron chi connectivity index (χ3n) is 5.50. The molecule has 0 fully saturated rings. The van der Waals surface area contributed by atoms with Gasteiger partial charge in [0.1, 0.15) is 17.1 Å². The van der Waals surface area contributed by atoms with Crippen LogP contribution < -0.4 is 9.64 Å². The van der Waals surface area contributed by atoms with Gasteiger partial charge in [-0.2, -0.15) is 4.90 Å². The molecular formula is C33H51N3O6. The summed E-state index contributed by atoms with van der Waals surface area (Å²) >= 11 is 0. The molecule has 0 radical (unpaired) electrons. The molecule has 0 aliphatic rings. The summed E-state index contributed by atoms with van der Waals surface area (Å²) in [4.78, 5) is 43.7. The number of imide groups is 1. The number of rotatable bonds is 10. The number of ether oxygens (including phenoxy) is 2. The van der Waals surface area contributed by atoms with E-state index in [1.165, 1.54) is 12.3 Å². The maximum absolute atomic E-state index is 12.8. The fourth-order valence-electron chi connectivity index (χ4n) is 3.43. The van der Waals surface area contributed by atoms with E-state index in [0.29, 0.717) is 24.9 Å². The van der Waals surface area contributed by atoms with Crippen molar-refractivity contribution in [2.75, 3.05) is 11.9 Å². The van der Waals surface area contributed by atoms with Gasteiger partial charge < -0.3 is 18.8 Å². The van der Waals surface area contributed by atoms with Gasteiger partial charge in [-0.3, -0.25) is 9.59 Å². The molecule has 9 nitrogen and oxygen atoms in total. The smallest absolute Gasteiger partial charge is 0.422 e. The van der Waals surface area contributed by atoms with E-state index in [9.17, 15) is 14.4 Å². The topological polar surface area (TPSA) is 102 Å². The Morgan fingerprint density at radius 3 is 2.19 bits per heavy atom. The number of hydrogen-bond donors (Lipinski definition) is 0. The van der Waals surface area contributed by atoms with E-state index >= 15 is 0 Å². The van der Waals surface area contributed by atoms with Crippen LogP contribution in [0.25, 0.3) is 6.08 Å². The number of furan rings is 1. The van der Waals surface area contributed by atoms with Crippen LogP contribution in [0.3, 0.4) is 0 Å². The molecule has 2 aromatic heterocycles. The van der Waals surface area contributed by atoms with Crippen molar-refractivity contribution in [3.05, 3.63) is 58.7 Å². The lowest BCUT2D eigenvalue weighted by Gasteiger charge is -2.24. The number of nitrogens with zero attached hydrogens (tertiary/aromatic N) is 3. The van der Waals surface area contributed by atoms with Gasteiger partial charge in [0.05, 0.1) is 12.6 Å². The van der Waals surface area contributed by atoms with Gasteiger partial charge in [0.2, 0.25) is 12.3 Å². The molecule has 0 aliphatic heterocycles. The zero-order chi connectivity index (χ0) is 32.6. The molecule has 234 valence electrons. The fraction of sp³-hybridized carbons (Fsp3) is 0.515. The molecule has 0 aromatic carbocycles. The summed E-state index contributed by atoms with van der Waals surface area (Å²) in [6, 6.07) is 1.61. The van der Waals surface area contributed by atoms with Crippen molar-refractivity contribution in [1.82, 2.24) is 9.88 Å². The molecule has 0 atom stereocenters. The molecule has 0 bridgehead atoms. The van der Waals surface area contributed by atoms with E-state index in [2.05, 4.69) is 4.98 Å². The number of anilines is 1. The van der Waals surface area contributed by atoms with Gasteiger partial charge in [-0.25, -0.2) is 9.78 Å². The normalized spacial score (nSPS) is 11.0. The number of pyridine rings is 1. The second kappa shape index (κ2) is 18.5. The average Bonchev–Trinajstić information content (AvgIpc) is 3.20. The maximum Gasteiger partial charge on any atom is 0.422 e. The summed E-state index contributed by atoms with van der Waals surface area (Å²) in [6.07, 6.45) is 8.39. The predicted octanol–water partition coefficient (Wildman–Crippen LogP) is 7.82. The first-order chi connectivity index (χ1) is 19.8. The van der Waals surface area contributed by atoms with Crippen LogP contribution in [0.2, 0.25) is 0 Å². The third kappa shape index (κ3) is 11.9. The average molecular weight is 586 g/mol. The third-order valence-corrected chi connectivity index (χ3v) is 5.50. The zero-order valence-corrected chi connectivity index (χ0v) is 27.8. The minimum atomic E-state index is -0.869. The molecule has 2 aromatic rings. The molecule has 3 amide bonds. The Hall–Kier alpha value is -3.88. The van der Waals surface area contributed by atoms with E-state index < -0.39 is 11.7 Å². The highest BCUT2D eigenvalue weighted by molar-refractivity contribution is 6.03. The van der Waals surface area contributed by atoms with Crippen molar-refractivity contribution in [2.45, 2.75) is 108 Å². The number of carbonyl (C=O) groups is 3. The maximum atomic E-state index is 12.8. The van der Waals surface area contributed by atoms with E-state index in [4.69, 9.17) is 13.9 Å². The van der Waals surface area contributed by atoms with Crippen molar-refractivity contribution >= 4 is 30.3 Å². The van der Waals surface area contributed by atoms with Gasteiger partial charge >= 0.3 is 6.09 Å². The standard InChI is InChI=1S/C29H39N3O6.2C2H6/c1-10-11-12-23-20(4)21(5)25(37-23)17-31(9)26(34)14-13-22-15-24(36-19(2)3)27(30-16-22)32(18-33)28(35)38-29(6,7)8;2*1-2/h10-11,13-16,18-19H,12,17H2,1-9H3;2*1-2H3/b11-10-,14-13+;;. The molecule has 0 unspecified atom stereocenters. The van der Waals surface area contributed by atoms with Crippen LogP contribution in [0.15, 0.2) is 34.9 Å². The molecule has 0 saturated heterocycles. The number of hydrogen-bond acceptors (Lipinski definition) is 7. The quantitative estimate of drug-likeness (QED) is 0.159. The Labute approximate surface area is 252 Å². The Kier molecular flexibility index (Phi) is 16.8. The van der Waals surface area contributed by atoms with Crippen molar-refractivity contribution in [3.8, 4) is 5.75 Å². The van der Waals surface area contributed by atoms with Crippen molar-refractivity contribution in [2.24, 2.45) is 0 Å². The van der Waals surface area contributed by atoms with Crippen molar-refractivity contribution in [3.63, 3.8) is 0 Å². The molecule has 0 N–H and O–H groups in total. The van der Waals surface area contributed by atoms with Gasteiger partial charge in [0, 0.05) is 25.7 Å². The SMILES string of the molecule is C/C=C\Cc1oc(CN(C)C(=O)/C=C/c2cnc(N(C=O)C(=O)OC(C)(C)C)c(OC(C)C)c2)c(C)c1C.CC.CC. The highest BCUT2D eigenvalue weighted by atomic mass is 16.6. The first kappa shape index (κ1) is 38.1. The van der Waals surface area contributed by atoms with Crippen LogP contribution in [0.1, 0.15) is 97.4 Å². The molecule has 2 heterocycles. The lowest BCUT2D eigenvalue weighted by molar-refractivity contribution is -0.125. The van der Waals surface area contributed by atoms with Crippen LogP contribution in [-0.2, 0) is 27.3 Å². The van der Waals surface area contributed by atoms with Crippen molar-refractivity contribution < 1.29 is 28.3 Å². The first-order valence-electron chi connectivity index (χ1n) is 14.5. The Morgan fingerprint density at radius 2 is 1.67 bits per heavy atom. The predicted molar refractivity (Wildman–Crippen MR) is 170 cm³/mol. The number of likely N-dealkylation sites (N-methyl/N-ethyl adjacent to an activating group) is 1. The second-order valence-corrected chi connectivity index (χ2v) is 10.2. The Balaban J connectivity index is 0.00000402.